The first-order valence-electron chi connectivity index (χ1n) is 10.4. The summed E-state index contributed by atoms with van der Waals surface area (Å²) < 4.78 is 29.3. The van der Waals surface area contributed by atoms with Crippen LogP contribution in [0.1, 0.15) is 31.5 Å². The highest BCUT2D eigenvalue weighted by Crippen LogP contribution is 2.28. The molecule has 1 aliphatic rings. The van der Waals surface area contributed by atoms with Gasteiger partial charge < -0.3 is 15.0 Å². The largest absolute Gasteiger partial charge is 0.393 e. The van der Waals surface area contributed by atoms with Crippen molar-refractivity contribution >= 4 is 22.6 Å². The summed E-state index contributed by atoms with van der Waals surface area (Å²) in [7, 11) is 0. The Hall–Kier alpha value is -3.14. The van der Waals surface area contributed by atoms with Gasteiger partial charge in [-0.3, -0.25) is 0 Å². The Labute approximate surface area is 177 Å². The van der Waals surface area contributed by atoms with Gasteiger partial charge in [0.2, 0.25) is 5.95 Å². The van der Waals surface area contributed by atoms with Gasteiger partial charge in [0, 0.05) is 29.6 Å². The SMILES string of the molecule is Cc1nc2ncc(-c3ccn4nc(NC5CCC(O)CC5)ncc34)cc2n1CC(F)F. The van der Waals surface area contributed by atoms with Crippen LogP contribution in [0.4, 0.5) is 14.7 Å². The Morgan fingerprint density at radius 2 is 1.97 bits per heavy atom. The number of aliphatic hydroxyl groups is 1. The third kappa shape index (κ3) is 3.83. The summed E-state index contributed by atoms with van der Waals surface area (Å²) in [4.78, 5) is 13.1. The lowest BCUT2D eigenvalue weighted by molar-refractivity contribution is 0.125. The van der Waals surface area contributed by atoms with Crippen molar-refractivity contribution in [1.82, 2.24) is 29.1 Å². The molecule has 1 fully saturated rings. The van der Waals surface area contributed by atoms with Gasteiger partial charge in [-0.15, -0.1) is 5.10 Å². The van der Waals surface area contributed by atoms with Gasteiger partial charge in [0.1, 0.15) is 5.82 Å². The normalized spacial score (nSPS) is 19.5. The van der Waals surface area contributed by atoms with Crippen LogP contribution in [0.3, 0.4) is 0 Å². The molecule has 8 nitrogen and oxygen atoms in total. The Bertz CT molecular complexity index is 1230. The van der Waals surface area contributed by atoms with Crippen LogP contribution in [-0.4, -0.2) is 52.8 Å². The minimum Gasteiger partial charge on any atom is -0.393 e. The van der Waals surface area contributed by atoms with Crippen LogP contribution in [0.2, 0.25) is 0 Å². The fourth-order valence-electron chi connectivity index (χ4n) is 4.25. The number of nitrogens with zero attached hydrogens (tertiary/aromatic N) is 6. The fraction of sp³-hybridized carbons (Fsp3) is 0.429. The minimum atomic E-state index is -2.47. The van der Waals surface area contributed by atoms with Gasteiger partial charge in [-0.1, -0.05) is 0 Å². The maximum absolute atomic E-state index is 13.0. The van der Waals surface area contributed by atoms with Crippen LogP contribution in [0, 0.1) is 6.92 Å². The topological polar surface area (TPSA) is 93.2 Å². The third-order valence-electron chi connectivity index (χ3n) is 5.87. The number of hydrogen-bond donors (Lipinski definition) is 2. The van der Waals surface area contributed by atoms with Gasteiger partial charge >= 0.3 is 0 Å². The fourth-order valence-corrected chi connectivity index (χ4v) is 4.25. The Kier molecular flexibility index (Phi) is 5.01. The highest BCUT2D eigenvalue weighted by Gasteiger charge is 2.20. The zero-order valence-electron chi connectivity index (χ0n) is 17.0. The number of pyridine rings is 1. The first-order valence-corrected chi connectivity index (χ1v) is 10.4. The number of aryl methyl sites for hydroxylation is 1. The Morgan fingerprint density at radius 1 is 1.16 bits per heavy atom. The van der Waals surface area contributed by atoms with Crippen molar-refractivity contribution in [2.45, 2.75) is 57.7 Å². The molecule has 0 saturated heterocycles. The third-order valence-corrected chi connectivity index (χ3v) is 5.87. The standard InChI is InChI=1S/C21H23F2N7O/c1-12-26-20-17(29(12)11-19(22)23)8-13(9-24-20)16-6-7-30-18(16)10-25-21(28-30)27-14-2-4-15(31)5-3-14/h6-10,14-15,19,31H,2-5,11H2,1H3,(H,27,28). The van der Waals surface area contributed by atoms with E-state index in [0.717, 1.165) is 42.3 Å². The number of fused-ring (bicyclic) bond motifs is 2. The van der Waals surface area contributed by atoms with Gasteiger partial charge in [0.25, 0.3) is 6.43 Å². The smallest absolute Gasteiger partial charge is 0.256 e. The molecule has 0 atom stereocenters. The minimum absolute atomic E-state index is 0.208. The number of imidazole rings is 1. The number of aromatic nitrogens is 6. The van der Waals surface area contributed by atoms with Gasteiger partial charge in [0.15, 0.2) is 5.65 Å². The highest BCUT2D eigenvalue weighted by molar-refractivity contribution is 5.85. The lowest BCUT2D eigenvalue weighted by atomic mass is 9.93. The van der Waals surface area contributed by atoms with E-state index in [1.807, 2.05) is 18.3 Å². The van der Waals surface area contributed by atoms with Gasteiger partial charge in [-0.25, -0.2) is 28.2 Å². The molecule has 4 aromatic heterocycles. The summed E-state index contributed by atoms with van der Waals surface area (Å²) in [6, 6.07) is 3.99. The molecule has 0 spiro atoms. The molecule has 0 aliphatic heterocycles. The zero-order valence-corrected chi connectivity index (χ0v) is 17.0. The van der Waals surface area contributed by atoms with E-state index < -0.39 is 13.0 Å². The van der Waals surface area contributed by atoms with Crippen molar-refractivity contribution in [2.24, 2.45) is 0 Å². The summed E-state index contributed by atoms with van der Waals surface area (Å²) in [6.45, 7) is 1.28. The number of rotatable bonds is 5. The summed E-state index contributed by atoms with van der Waals surface area (Å²) in [5.41, 5.74) is 3.47. The number of alkyl halides is 2. The molecule has 0 aromatic carbocycles. The van der Waals surface area contributed by atoms with E-state index in [-0.39, 0.29) is 12.1 Å². The quantitative estimate of drug-likeness (QED) is 0.507. The van der Waals surface area contributed by atoms with Gasteiger partial charge in [-0.2, -0.15) is 0 Å². The monoisotopic (exact) mass is 427 g/mol. The molecule has 0 bridgehead atoms. The molecule has 5 rings (SSSR count). The molecule has 4 aromatic rings. The average Bonchev–Trinajstić information content (AvgIpc) is 3.30. The van der Waals surface area contributed by atoms with E-state index in [1.54, 1.807) is 23.8 Å². The van der Waals surface area contributed by atoms with Crippen molar-refractivity contribution in [3.8, 4) is 11.1 Å². The number of anilines is 1. The van der Waals surface area contributed by atoms with Crippen molar-refractivity contribution in [3.63, 3.8) is 0 Å². The lowest BCUT2D eigenvalue weighted by Gasteiger charge is -2.26. The predicted molar refractivity (Wildman–Crippen MR) is 112 cm³/mol. The Morgan fingerprint density at radius 3 is 2.74 bits per heavy atom. The van der Waals surface area contributed by atoms with E-state index >= 15 is 0 Å². The van der Waals surface area contributed by atoms with E-state index in [0.29, 0.717) is 22.9 Å². The van der Waals surface area contributed by atoms with Crippen molar-refractivity contribution in [1.29, 1.82) is 0 Å². The first-order chi connectivity index (χ1) is 15.0. The average molecular weight is 427 g/mol. The number of halogens is 2. The molecular weight excluding hydrogens is 404 g/mol. The van der Waals surface area contributed by atoms with Crippen LogP contribution >= 0.6 is 0 Å². The molecule has 0 radical (unpaired) electrons. The van der Waals surface area contributed by atoms with Crippen LogP contribution < -0.4 is 5.32 Å². The molecule has 2 N–H and O–H groups in total. The molecular formula is C21H23F2N7O. The molecule has 0 unspecified atom stereocenters. The van der Waals surface area contributed by atoms with Crippen LogP contribution in [-0.2, 0) is 6.54 Å². The molecule has 4 heterocycles. The van der Waals surface area contributed by atoms with Crippen LogP contribution in [0.25, 0.3) is 27.8 Å². The number of nitrogens with one attached hydrogen (secondary N) is 1. The van der Waals surface area contributed by atoms with E-state index in [2.05, 4.69) is 25.4 Å². The first kappa shape index (κ1) is 19.8. The zero-order chi connectivity index (χ0) is 21.5. The van der Waals surface area contributed by atoms with E-state index in [9.17, 15) is 13.9 Å². The molecule has 1 saturated carbocycles. The molecule has 0 amide bonds. The summed E-state index contributed by atoms with van der Waals surface area (Å²) >= 11 is 0. The van der Waals surface area contributed by atoms with Crippen LogP contribution in [0.15, 0.2) is 30.7 Å². The second kappa shape index (κ2) is 7.84. The van der Waals surface area contributed by atoms with Gasteiger partial charge in [0.05, 0.1) is 29.9 Å². The second-order valence-corrected chi connectivity index (χ2v) is 8.02. The molecule has 10 heteroatoms. The molecule has 1 aliphatic carbocycles. The number of hydrogen-bond acceptors (Lipinski definition) is 6. The van der Waals surface area contributed by atoms with Crippen molar-refractivity contribution in [2.75, 3.05) is 5.32 Å². The number of aliphatic hydroxyl groups excluding tert-OH is 1. The second-order valence-electron chi connectivity index (χ2n) is 8.02. The van der Waals surface area contributed by atoms with E-state index in [4.69, 9.17) is 0 Å². The van der Waals surface area contributed by atoms with Gasteiger partial charge in [-0.05, 0) is 44.7 Å². The summed E-state index contributed by atoms with van der Waals surface area (Å²) in [5.74, 6) is 1.05. The summed E-state index contributed by atoms with van der Waals surface area (Å²) in [5, 5.41) is 17.6. The lowest BCUT2D eigenvalue weighted by Crippen LogP contribution is -2.29. The highest BCUT2D eigenvalue weighted by atomic mass is 19.3. The van der Waals surface area contributed by atoms with Crippen LogP contribution in [0.5, 0.6) is 0 Å². The van der Waals surface area contributed by atoms with E-state index in [1.165, 1.54) is 4.57 Å². The maximum atomic E-state index is 13.0. The van der Waals surface area contributed by atoms with Crippen molar-refractivity contribution < 1.29 is 13.9 Å². The Balaban J connectivity index is 1.45. The molecule has 31 heavy (non-hydrogen) atoms. The molecule has 162 valence electrons. The predicted octanol–water partition coefficient (Wildman–Crippen LogP) is 3.43. The maximum Gasteiger partial charge on any atom is 0.256 e. The summed E-state index contributed by atoms with van der Waals surface area (Å²) in [6.07, 6.45) is 5.93. The van der Waals surface area contributed by atoms with Crippen molar-refractivity contribution in [3.05, 3.63) is 36.5 Å².